The van der Waals surface area contributed by atoms with Crippen molar-refractivity contribution in [3.8, 4) is 17.2 Å². The van der Waals surface area contributed by atoms with Gasteiger partial charge in [-0.25, -0.2) is 4.79 Å². The zero-order valence-electron chi connectivity index (χ0n) is 13.0. The first kappa shape index (κ1) is 16.9. The Hall–Kier alpha value is -2.93. The summed E-state index contributed by atoms with van der Waals surface area (Å²) in [5.74, 6) is 0.456. The lowest BCUT2D eigenvalue weighted by molar-refractivity contribution is -0.149. The minimum atomic E-state index is -0.666. The van der Waals surface area contributed by atoms with Crippen LogP contribution >= 0.6 is 11.6 Å². The molecule has 0 aromatic heterocycles. The topological polar surface area (TPSA) is 83.1 Å². The first-order chi connectivity index (χ1) is 12.1. The highest BCUT2D eigenvalue weighted by Crippen LogP contribution is 2.34. The fraction of sp³-hybridized carbons (Fsp3) is 0.176. The Morgan fingerprint density at radius 2 is 1.92 bits per heavy atom. The average Bonchev–Trinajstić information content (AvgIpc) is 3.06. The van der Waals surface area contributed by atoms with Crippen molar-refractivity contribution < 1.29 is 28.5 Å². The fourth-order valence-electron chi connectivity index (χ4n) is 2.06. The van der Waals surface area contributed by atoms with Crippen molar-refractivity contribution in [2.24, 2.45) is 0 Å². The molecule has 7 nitrogen and oxygen atoms in total. The van der Waals surface area contributed by atoms with Crippen molar-refractivity contribution in [3.63, 3.8) is 0 Å². The maximum atomic E-state index is 11.8. The summed E-state index contributed by atoms with van der Waals surface area (Å²) in [5, 5.41) is 3.09. The number of fused-ring (bicyclic) bond motifs is 1. The summed E-state index contributed by atoms with van der Waals surface area (Å²) < 4.78 is 20.5. The molecule has 0 unspecified atom stereocenters. The van der Waals surface area contributed by atoms with Gasteiger partial charge in [0.1, 0.15) is 5.75 Å². The van der Waals surface area contributed by atoms with Crippen molar-refractivity contribution in [3.05, 3.63) is 47.5 Å². The highest BCUT2D eigenvalue weighted by Gasteiger charge is 2.15. The van der Waals surface area contributed by atoms with Gasteiger partial charge in [-0.15, -0.1) is 0 Å². The molecule has 1 heterocycles. The summed E-state index contributed by atoms with van der Waals surface area (Å²) in [7, 11) is 0. The summed E-state index contributed by atoms with van der Waals surface area (Å²) in [6.07, 6.45) is 0. The number of halogens is 1. The lowest BCUT2D eigenvalue weighted by atomic mass is 10.3. The molecule has 130 valence electrons. The molecule has 8 heteroatoms. The van der Waals surface area contributed by atoms with Crippen molar-refractivity contribution in [2.75, 3.05) is 25.3 Å². The molecule has 2 aromatic carbocycles. The van der Waals surface area contributed by atoms with Crippen LogP contribution in [0.15, 0.2) is 42.5 Å². The second kappa shape index (κ2) is 7.76. The summed E-state index contributed by atoms with van der Waals surface area (Å²) in [5.41, 5.74) is 0.514. The molecule has 1 aliphatic rings. The van der Waals surface area contributed by atoms with Gasteiger partial charge in [-0.05, 0) is 30.3 Å². The second-order valence-corrected chi connectivity index (χ2v) is 5.46. The largest absolute Gasteiger partial charge is 0.482 e. The second-order valence-electron chi connectivity index (χ2n) is 5.02. The zero-order chi connectivity index (χ0) is 17.6. The molecule has 1 amide bonds. The molecule has 1 aliphatic heterocycles. The van der Waals surface area contributed by atoms with E-state index in [0.717, 1.165) is 0 Å². The van der Waals surface area contributed by atoms with Gasteiger partial charge in [0.05, 0.1) is 0 Å². The first-order valence-corrected chi connectivity index (χ1v) is 7.71. The number of benzene rings is 2. The highest BCUT2D eigenvalue weighted by molar-refractivity contribution is 6.30. The van der Waals surface area contributed by atoms with Crippen LogP contribution in [0.4, 0.5) is 5.69 Å². The molecule has 0 atom stereocenters. The van der Waals surface area contributed by atoms with Crippen LogP contribution < -0.4 is 19.5 Å². The molecule has 0 radical (unpaired) electrons. The Morgan fingerprint density at radius 3 is 2.76 bits per heavy atom. The van der Waals surface area contributed by atoms with Gasteiger partial charge in [0.2, 0.25) is 6.79 Å². The number of hydrogen-bond acceptors (Lipinski definition) is 6. The third kappa shape index (κ3) is 4.77. The smallest absolute Gasteiger partial charge is 0.344 e. The number of carbonyl (C=O) groups excluding carboxylic acids is 2. The summed E-state index contributed by atoms with van der Waals surface area (Å²) in [6, 6.07) is 11.6. The van der Waals surface area contributed by atoms with E-state index in [-0.39, 0.29) is 13.4 Å². The average molecular weight is 364 g/mol. The van der Waals surface area contributed by atoms with Crippen LogP contribution in [0.2, 0.25) is 5.02 Å². The van der Waals surface area contributed by atoms with Crippen LogP contribution in [0, 0.1) is 0 Å². The molecule has 1 N–H and O–H groups in total. The van der Waals surface area contributed by atoms with E-state index < -0.39 is 18.5 Å². The Morgan fingerprint density at radius 1 is 1.08 bits per heavy atom. The van der Waals surface area contributed by atoms with Gasteiger partial charge < -0.3 is 24.3 Å². The fourth-order valence-corrected chi connectivity index (χ4v) is 2.24. The lowest BCUT2D eigenvalue weighted by Crippen LogP contribution is -2.23. The number of carbonyl (C=O) groups is 2. The number of hydrogen-bond donors (Lipinski definition) is 1. The number of ether oxygens (including phenoxy) is 4. The summed E-state index contributed by atoms with van der Waals surface area (Å²) in [6.45, 7) is -0.596. The van der Waals surface area contributed by atoms with E-state index >= 15 is 0 Å². The first-order valence-electron chi connectivity index (χ1n) is 7.33. The molecule has 0 fully saturated rings. The van der Waals surface area contributed by atoms with Gasteiger partial charge in [-0.3, -0.25) is 4.79 Å². The third-order valence-electron chi connectivity index (χ3n) is 3.17. The van der Waals surface area contributed by atoms with Gasteiger partial charge in [-0.2, -0.15) is 0 Å². The summed E-state index contributed by atoms with van der Waals surface area (Å²) in [4.78, 5) is 23.4. The van der Waals surface area contributed by atoms with Crippen LogP contribution in [0.3, 0.4) is 0 Å². The number of rotatable bonds is 6. The third-order valence-corrected chi connectivity index (χ3v) is 3.41. The molecular formula is C17H14ClNO6. The number of anilines is 1. The highest BCUT2D eigenvalue weighted by atomic mass is 35.5. The van der Waals surface area contributed by atoms with Crippen molar-refractivity contribution in [2.45, 2.75) is 0 Å². The Bertz CT molecular complexity index is 794. The quantitative estimate of drug-likeness (QED) is 0.794. The van der Waals surface area contributed by atoms with E-state index in [1.165, 1.54) is 0 Å². The van der Waals surface area contributed by atoms with Crippen molar-refractivity contribution >= 4 is 29.2 Å². The molecule has 25 heavy (non-hydrogen) atoms. The Balaban J connectivity index is 1.42. The molecular weight excluding hydrogens is 350 g/mol. The van der Waals surface area contributed by atoms with Crippen LogP contribution in [0.1, 0.15) is 0 Å². The van der Waals surface area contributed by atoms with E-state index in [2.05, 4.69) is 5.32 Å². The standard InChI is InChI=1S/C17H14ClNO6/c18-11-2-1-3-13(6-11)22-9-17(21)23-8-16(20)19-12-4-5-14-15(7-12)25-10-24-14/h1-7H,8-10H2,(H,19,20). The van der Waals surface area contributed by atoms with Crippen LogP contribution in [0.5, 0.6) is 17.2 Å². The number of nitrogens with one attached hydrogen (secondary N) is 1. The van der Waals surface area contributed by atoms with E-state index in [1.54, 1.807) is 42.5 Å². The van der Waals surface area contributed by atoms with Gasteiger partial charge >= 0.3 is 5.97 Å². The number of amides is 1. The predicted molar refractivity (Wildman–Crippen MR) is 89.1 cm³/mol. The molecule has 0 spiro atoms. The molecule has 0 bridgehead atoms. The monoisotopic (exact) mass is 363 g/mol. The number of esters is 1. The van der Waals surface area contributed by atoms with E-state index in [4.69, 9.17) is 30.5 Å². The molecule has 0 aliphatic carbocycles. The Labute approximate surface area is 148 Å². The molecule has 0 saturated heterocycles. The Kier molecular flexibility index (Phi) is 5.25. The maximum Gasteiger partial charge on any atom is 0.344 e. The molecule has 2 aromatic rings. The van der Waals surface area contributed by atoms with Gasteiger partial charge in [-0.1, -0.05) is 17.7 Å². The molecule has 0 saturated carbocycles. The van der Waals surface area contributed by atoms with Crippen LogP contribution in [0.25, 0.3) is 0 Å². The predicted octanol–water partition coefficient (Wildman–Crippen LogP) is 2.63. The minimum absolute atomic E-state index is 0.150. The SMILES string of the molecule is O=C(COC(=O)COc1cccc(Cl)c1)Nc1ccc2c(c1)OCO2. The van der Waals surface area contributed by atoms with Crippen molar-refractivity contribution in [1.29, 1.82) is 0 Å². The van der Waals surface area contributed by atoms with Crippen LogP contribution in [-0.4, -0.2) is 31.9 Å². The summed E-state index contributed by atoms with van der Waals surface area (Å²) >= 11 is 5.81. The van der Waals surface area contributed by atoms with Crippen LogP contribution in [-0.2, 0) is 14.3 Å². The van der Waals surface area contributed by atoms with Gasteiger partial charge in [0.25, 0.3) is 5.91 Å². The maximum absolute atomic E-state index is 11.8. The lowest BCUT2D eigenvalue weighted by Gasteiger charge is -2.08. The van der Waals surface area contributed by atoms with E-state index in [9.17, 15) is 9.59 Å². The minimum Gasteiger partial charge on any atom is -0.482 e. The van der Waals surface area contributed by atoms with E-state index in [1.807, 2.05) is 0 Å². The molecule has 3 rings (SSSR count). The zero-order valence-corrected chi connectivity index (χ0v) is 13.7. The van der Waals surface area contributed by atoms with Crippen molar-refractivity contribution in [1.82, 2.24) is 0 Å². The van der Waals surface area contributed by atoms with Gasteiger partial charge in [0, 0.05) is 16.8 Å². The van der Waals surface area contributed by atoms with Gasteiger partial charge in [0.15, 0.2) is 24.7 Å². The normalized spacial score (nSPS) is 11.7. The van der Waals surface area contributed by atoms with E-state index in [0.29, 0.717) is 28.0 Å².